The van der Waals surface area contributed by atoms with Gasteiger partial charge in [0.2, 0.25) is 15.9 Å². The van der Waals surface area contributed by atoms with Crippen LogP contribution in [-0.2, 0) is 21.4 Å². The van der Waals surface area contributed by atoms with Crippen molar-refractivity contribution in [2.45, 2.75) is 18.4 Å². The van der Waals surface area contributed by atoms with Crippen LogP contribution in [0.15, 0.2) is 47.4 Å². The SMILES string of the molecule is COc1ccc(S(=O)(=O)NCC(=O)NCc2ccccc2F)cc1C. The van der Waals surface area contributed by atoms with Crippen LogP contribution in [0.3, 0.4) is 0 Å². The Kier molecular flexibility index (Phi) is 6.11. The van der Waals surface area contributed by atoms with E-state index in [1.165, 1.54) is 25.3 Å². The normalized spacial score (nSPS) is 11.2. The molecular weight excluding hydrogens is 347 g/mol. The number of hydrogen-bond acceptors (Lipinski definition) is 4. The number of amides is 1. The third-order valence-corrected chi connectivity index (χ3v) is 4.93. The summed E-state index contributed by atoms with van der Waals surface area (Å²) in [5, 5.41) is 2.47. The lowest BCUT2D eigenvalue weighted by molar-refractivity contribution is -0.120. The summed E-state index contributed by atoms with van der Waals surface area (Å²) in [5.74, 6) is -0.421. The van der Waals surface area contributed by atoms with Crippen LogP contribution >= 0.6 is 0 Å². The molecule has 2 rings (SSSR count). The summed E-state index contributed by atoms with van der Waals surface area (Å²) < 4.78 is 45.2. The number of ether oxygens (including phenoxy) is 1. The number of halogens is 1. The van der Waals surface area contributed by atoms with Crippen molar-refractivity contribution in [3.05, 3.63) is 59.4 Å². The third-order valence-electron chi connectivity index (χ3n) is 3.53. The second kappa shape index (κ2) is 8.09. The number of hydrogen-bond donors (Lipinski definition) is 2. The van der Waals surface area contributed by atoms with Gasteiger partial charge in [0.05, 0.1) is 18.6 Å². The van der Waals surface area contributed by atoms with Gasteiger partial charge in [0, 0.05) is 12.1 Å². The van der Waals surface area contributed by atoms with Crippen LogP contribution < -0.4 is 14.8 Å². The second-order valence-electron chi connectivity index (χ2n) is 5.32. The molecule has 8 heteroatoms. The van der Waals surface area contributed by atoms with E-state index in [1.54, 1.807) is 31.2 Å². The van der Waals surface area contributed by atoms with Crippen LogP contribution in [0, 0.1) is 12.7 Å². The zero-order chi connectivity index (χ0) is 18.4. The highest BCUT2D eigenvalue weighted by atomic mass is 32.2. The van der Waals surface area contributed by atoms with E-state index in [1.807, 2.05) is 0 Å². The summed E-state index contributed by atoms with van der Waals surface area (Å²) in [4.78, 5) is 11.8. The average molecular weight is 366 g/mol. The summed E-state index contributed by atoms with van der Waals surface area (Å²) in [6.45, 7) is 1.26. The molecule has 0 spiro atoms. The Morgan fingerprint density at radius 3 is 2.56 bits per heavy atom. The van der Waals surface area contributed by atoms with E-state index in [0.29, 0.717) is 16.9 Å². The maximum absolute atomic E-state index is 13.5. The van der Waals surface area contributed by atoms with E-state index in [9.17, 15) is 17.6 Å². The highest BCUT2D eigenvalue weighted by Crippen LogP contribution is 2.21. The highest BCUT2D eigenvalue weighted by molar-refractivity contribution is 7.89. The summed E-state index contributed by atoms with van der Waals surface area (Å²) in [6.07, 6.45) is 0. The van der Waals surface area contributed by atoms with E-state index < -0.39 is 28.3 Å². The van der Waals surface area contributed by atoms with Gasteiger partial charge in [-0.25, -0.2) is 17.5 Å². The first kappa shape index (κ1) is 18.9. The Bertz CT molecular complexity index is 869. The first-order valence-electron chi connectivity index (χ1n) is 7.48. The maximum Gasteiger partial charge on any atom is 0.241 e. The van der Waals surface area contributed by atoms with Gasteiger partial charge in [0.15, 0.2) is 0 Å². The molecule has 0 aromatic heterocycles. The van der Waals surface area contributed by atoms with Crippen LogP contribution in [-0.4, -0.2) is 28.0 Å². The van der Waals surface area contributed by atoms with E-state index >= 15 is 0 Å². The number of nitrogens with one attached hydrogen (secondary N) is 2. The topological polar surface area (TPSA) is 84.5 Å². The molecule has 0 fully saturated rings. The molecule has 0 aliphatic carbocycles. The van der Waals surface area contributed by atoms with Crippen molar-refractivity contribution in [1.29, 1.82) is 0 Å². The summed E-state index contributed by atoms with van der Waals surface area (Å²) in [5.41, 5.74) is 0.985. The molecule has 2 aromatic carbocycles. The Balaban J connectivity index is 1.94. The van der Waals surface area contributed by atoms with Crippen LogP contribution in [0.5, 0.6) is 5.75 Å². The van der Waals surface area contributed by atoms with Gasteiger partial charge in [-0.15, -0.1) is 0 Å². The number of carbonyl (C=O) groups is 1. The molecule has 0 saturated carbocycles. The summed E-state index contributed by atoms with van der Waals surface area (Å²) >= 11 is 0. The fourth-order valence-electron chi connectivity index (χ4n) is 2.16. The van der Waals surface area contributed by atoms with Gasteiger partial charge >= 0.3 is 0 Å². The van der Waals surface area contributed by atoms with E-state index in [-0.39, 0.29) is 11.4 Å². The first-order valence-corrected chi connectivity index (χ1v) is 8.96. The molecule has 0 saturated heterocycles. The molecule has 0 atom stereocenters. The smallest absolute Gasteiger partial charge is 0.241 e. The van der Waals surface area contributed by atoms with Gasteiger partial charge < -0.3 is 10.1 Å². The Labute approximate surface area is 146 Å². The fourth-order valence-corrected chi connectivity index (χ4v) is 3.23. The van der Waals surface area contributed by atoms with Gasteiger partial charge in [-0.1, -0.05) is 18.2 Å². The number of sulfonamides is 1. The molecule has 0 heterocycles. The van der Waals surface area contributed by atoms with Crippen molar-refractivity contribution in [3.8, 4) is 5.75 Å². The number of rotatable bonds is 7. The van der Waals surface area contributed by atoms with Crippen LogP contribution in [0.1, 0.15) is 11.1 Å². The van der Waals surface area contributed by atoms with Gasteiger partial charge in [-0.05, 0) is 36.8 Å². The van der Waals surface area contributed by atoms with Crippen molar-refractivity contribution >= 4 is 15.9 Å². The molecule has 6 nitrogen and oxygen atoms in total. The Morgan fingerprint density at radius 1 is 1.20 bits per heavy atom. The summed E-state index contributed by atoms with van der Waals surface area (Å²) in [6, 6.07) is 10.4. The van der Waals surface area contributed by atoms with Gasteiger partial charge in [-0.2, -0.15) is 0 Å². The van der Waals surface area contributed by atoms with Crippen molar-refractivity contribution < 1.29 is 22.3 Å². The van der Waals surface area contributed by atoms with E-state index in [2.05, 4.69) is 10.0 Å². The second-order valence-corrected chi connectivity index (χ2v) is 7.09. The third kappa shape index (κ3) is 5.01. The van der Waals surface area contributed by atoms with E-state index in [4.69, 9.17) is 4.74 Å². The standard InChI is InChI=1S/C17H19FN2O4S/c1-12-9-14(7-8-16(12)24-2)25(22,23)20-11-17(21)19-10-13-5-3-4-6-15(13)18/h3-9,20H,10-11H2,1-2H3,(H,19,21). The van der Waals surface area contributed by atoms with Crippen molar-refractivity contribution in [2.24, 2.45) is 0 Å². The van der Waals surface area contributed by atoms with Gasteiger partial charge in [-0.3, -0.25) is 4.79 Å². The zero-order valence-corrected chi connectivity index (χ0v) is 14.7. The molecule has 0 bridgehead atoms. The molecule has 2 N–H and O–H groups in total. The van der Waals surface area contributed by atoms with Crippen molar-refractivity contribution in [2.75, 3.05) is 13.7 Å². The van der Waals surface area contributed by atoms with E-state index in [0.717, 1.165) is 0 Å². The molecule has 0 aliphatic heterocycles. The minimum atomic E-state index is -3.83. The number of benzene rings is 2. The predicted octanol–water partition coefficient (Wildman–Crippen LogP) is 1.74. The lowest BCUT2D eigenvalue weighted by atomic mass is 10.2. The van der Waals surface area contributed by atoms with Crippen LogP contribution in [0.4, 0.5) is 4.39 Å². The molecule has 134 valence electrons. The quantitative estimate of drug-likeness (QED) is 0.782. The number of methoxy groups -OCH3 is 1. The molecule has 25 heavy (non-hydrogen) atoms. The molecular formula is C17H19FN2O4S. The monoisotopic (exact) mass is 366 g/mol. The largest absolute Gasteiger partial charge is 0.496 e. The lowest BCUT2D eigenvalue weighted by Crippen LogP contribution is -2.36. The number of aryl methyl sites for hydroxylation is 1. The molecule has 1 amide bonds. The molecule has 2 aromatic rings. The summed E-state index contributed by atoms with van der Waals surface area (Å²) in [7, 11) is -2.34. The zero-order valence-electron chi connectivity index (χ0n) is 13.9. The van der Waals surface area contributed by atoms with Crippen LogP contribution in [0.2, 0.25) is 0 Å². The first-order chi connectivity index (χ1) is 11.8. The highest BCUT2D eigenvalue weighted by Gasteiger charge is 2.16. The Morgan fingerprint density at radius 2 is 1.92 bits per heavy atom. The number of carbonyl (C=O) groups excluding carboxylic acids is 1. The Hall–Kier alpha value is -2.45. The van der Waals surface area contributed by atoms with Crippen molar-refractivity contribution in [3.63, 3.8) is 0 Å². The minimum absolute atomic E-state index is 0.0190. The van der Waals surface area contributed by atoms with Crippen molar-refractivity contribution in [1.82, 2.24) is 10.0 Å². The predicted molar refractivity (Wildman–Crippen MR) is 91.2 cm³/mol. The maximum atomic E-state index is 13.5. The van der Waals surface area contributed by atoms with Gasteiger partial charge in [0.25, 0.3) is 0 Å². The minimum Gasteiger partial charge on any atom is -0.496 e. The fraction of sp³-hybridized carbons (Fsp3) is 0.235. The molecule has 0 aliphatic rings. The molecule has 0 radical (unpaired) electrons. The van der Waals surface area contributed by atoms with Crippen LogP contribution in [0.25, 0.3) is 0 Å². The average Bonchev–Trinajstić information content (AvgIpc) is 2.59. The van der Waals surface area contributed by atoms with Gasteiger partial charge in [0.1, 0.15) is 11.6 Å². The lowest BCUT2D eigenvalue weighted by Gasteiger charge is -2.10. The molecule has 0 unspecified atom stereocenters.